The molecule has 6 heteroatoms. The number of carbonyl (C=O) groups excluding carboxylic acids is 2. The minimum absolute atomic E-state index is 0.0279. The van der Waals surface area contributed by atoms with Crippen molar-refractivity contribution in [3.63, 3.8) is 0 Å². The zero-order valence-corrected chi connectivity index (χ0v) is 20.4. The Hall–Kier alpha value is -2.76. The van der Waals surface area contributed by atoms with Crippen LogP contribution in [0.1, 0.15) is 88.2 Å². The Kier molecular flexibility index (Phi) is 11.6. The van der Waals surface area contributed by atoms with Crippen LogP contribution in [0.3, 0.4) is 0 Å². The van der Waals surface area contributed by atoms with Gasteiger partial charge in [-0.25, -0.2) is 4.79 Å². The molecular formula is C26H39NO5. The lowest BCUT2D eigenvalue weighted by atomic mass is 9.94. The molecule has 0 bridgehead atoms. The Labute approximate surface area is 192 Å². The average molecular weight is 446 g/mol. The molecule has 1 aromatic rings. The van der Waals surface area contributed by atoms with E-state index in [4.69, 9.17) is 0 Å². The Morgan fingerprint density at radius 1 is 1.16 bits per heavy atom. The second-order valence-electron chi connectivity index (χ2n) is 8.51. The second kappa shape index (κ2) is 13.6. The van der Waals surface area contributed by atoms with Crippen molar-refractivity contribution in [2.75, 3.05) is 7.11 Å². The molecular weight excluding hydrogens is 406 g/mol. The van der Waals surface area contributed by atoms with E-state index in [1.165, 1.54) is 19.6 Å². The van der Waals surface area contributed by atoms with Crippen LogP contribution in [-0.4, -0.2) is 35.2 Å². The van der Waals surface area contributed by atoms with Gasteiger partial charge >= 0.3 is 5.97 Å². The van der Waals surface area contributed by atoms with E-state index in [2.05, 4.69) is 36.9 Å². The number of hydrogen-bond acceptors (Lipinski definition) is 5. The third-order valence-electron chi connectivity index (χ3n) is 5.39. The summed E-state index contributed by atoms with van der Waals surface area (Å²) < 4.78 is 4.68. The number of amides is 1. The van der Waals surface area contributed by atoms with Crippen LogP contribution in [0, 0.1) is 0 Å². The first-order valence-electron chi connectivity index (χ1n) is 11.4. The molecule has 0 spiro atoms. The van der Waals surface area contributed by atoms with Gasteiger partial charge in [-0.3, -0.25) is 4.79 Å². The fraction of sp³-hybridized carbons (Fsp3) is 0.538. The highest BCUT2D eigenvalue weighted by Gasteiger charge is 2.25. The number of methoxy groups -OCH3 is 1. The van der Waals surface area contributed by atoms with Crippen molar-refractivity contribution in [2.24, 2.45) is 0 Å². The van der Waals surface area contributed by atoms with Crippen LogP contribution < -0.4 is 5.32 Å². The molecule has 0 aliphatic carbocycles. The molecule has 1 amide bonds. The van der Waals surface area contributed by atoms with Crippen LogP contribution in [0.5, 0.6) is 11.5 Å². The van der Waals surface area contributed by atoms with Crippen molar-refractivity contribution < 1.29 is 24.5 Å². The lowest BCUT2D eigenvalue weighted by Gasteiger charge is -2.18. The minimum atomic E-state index is -0.857. The molecule has 0 heterocycles. The maximum atomic E-state index is 13.0. The summed E-state index contributed by atoms with van der Waals surface area (Å²) in [6, 6.07) is 0.708. The predicted molar refractivity (Wildman–Crippen MR) is 128 cm³/mol. The van der Waals surface area contributed by atoms with E-state index in [0.29, 0.717) is 24.0 Å². The van der Waals surface area contributed by atoms with E-state index in [9.17, 15) is 19.8 Å². The molecule has 0 aliphatic heterocycles. The molecule has 0 saturated heterocycles. The maximum Gasteiger partial charge on any atom is 0.328 e. The predicted octanol–water partition coefficient (Wildman–Crippen LogP) is 5.36. The number of allylic oxidation sites excluding steroid dienone is 4. The van der Waals surface area contributed by atoms with Crippen molar-refractivity contribution in [1.82, 2.24) is 5.32 Å². The first-order valence-corrected chi connectivity index (χ1v) is 11.4. The zero-order chi connectivity index (χ0) is 24.3. The van der Waals surface area contributed by atoms with Crippen molar-refractivity contribution >= 4 is 11.9 Å². The zero-order valence-electron chi connectivity index (χ0n) is 20.4. The van der Waals surface area contributed by atoms with Crippen molar-refractivity contribution in [3.05, 3.63) is 46.1 Å². The van der Waals surface area contributed by atoms with Gasteiger partial charge in [-0.15, -0.1) is 0 Å². The standard InChI is InChI=1S/C26H39NO5/c1-7-8-9-13-20-16-22(28)21(15-14-18(4)12-10-11-17(2)3)24(29)23(20)25(30)27-19(5)26(31)32-6/h11,14,16,19,28-29H,7-10,12-13,15H2,1-6H3,(H,27,30)/t19-/m0/s1. The Bertz CT molecular complexity index is 850. The van der Waals surface area contributed by atoms with Crippen molar-refractivity contribution in [3.8, 4) is 11.5 Å². The minimum Gasteiger partial charge on any atom is -0.508 e. The number of nitrogens with one attached hydrogen (secondary N) is 1. The van der Waals surface area contributed by atoms with Gasteiger partial charge in [0.15, 0.2) is 0 Å². The number of benzene rings is 1. The van der Waals surface area contributed by atoms with Gasteiger partial charge in [-0.05, 0) is 71.4 Å². The quantitative estimate of drug-likeness (QED) is 0.229. The third kappa shape index (κ3) is 8.40. The number of aryl methyl sites for hydroxylation is 1. The number of rotatable bonds is 12. The molecule has 0 unspecified atom stereocenters. The van der Waals surface area contributed by atoms with Crippen molar-refractivity contribution in [2.45, 2.75) is 85.6 Å². The van der Waals surface area contributed by atoms with Gasteiger partial charge in [0, 0.05) is 5.56 Å². The number of carbonyl (C=O) groups is 2. The van der Waals surface area contributed by atoms with Gasteiger partial charge in [-0.1, -0.05) is 43.1 Å². The topological polar surface area (TPSA) is 95.9 Å². The van der Waals surface area contributed by atoms with Gasteiger partial charge in [-0.2, -0.15) is 0 Å². The van der Waals surface area contributed by atoms with Gasteiger partial charge < -0.3 is 20.3 Å². The molecule has 178 valence electrons. The monoisotopic (exact) mass is 445 g/mol. The van der Waals surface area contributed by atoms with Crippen LogP contribution in [0.25, 0.3) is 0 Å². The molecule has 1 aromatic carbocycles. The SMILES string of the molecule is CCCCCc1cc(O)c(CC=C(C)CCC=C(C)C)c(O)c1C(=O)N[C@@H](C)C(=O)OC. The van der Waals surface area contributed by atoms with Crippen LogP contribution in [0.2, 0.25) is 0 Å². The van der Waals surface area contributed by atoms with E-state index in [1.54, 1.807) is 6.07 Å². The van der Waals surface area contributed by atoms with Gasteiger partial charge in [0.1, 0.15) is 17.5 Å². The summed E-state index contributed by atoms with van der Waals surface area (Å²) in [6.07, 6.45) is 9.59. The van der Waals surface area contributed by atoms with E-state index < -0.39 is 17.9 Å². The fourth-order valence-electron chi connectivity index (χ4n) is 3.44. The highest BCUT2D eigenvalue weighted by molar-refractivity contribution is 6.01. The Morgan fingerprint density at radius 2 is 1.84 bits per heavy atom. The van der Waals surface area contributed by atoms with Crippen LogP contribution >= 0.6 is 0 Å². The molecule has 0 fully saturated rings. The smallest absolute Gasteiger partial charge is 0.328 e. The normalized spacial score (nSPS) is 12.2. The summed E-state index contributed by atoms with van der Waals surface area (Å²) in [6.45, 7) is 9.74. The Morgan fingerprint density at radius 3 is 2.44 bits per heavy atom. The van der Waals surface area contributed by atoms with Crippen molar-refractivity contribution in [1.29, 1.82) is 0 Å². The highest BCUT2D eigenvalue weighted by atomic mass is 16.5. The number of ether oxygens (including phenoxy) is 1. The van der Waals surface area contributed by atoms with Gasteiger partial charge in [0.05, 0.1) is 12.7 Å². The number of esters is 1. The maximum absolute atomic E-state index is 13.0. The fourth-order valence-corrected chi connectivity index (χ4v) is 3.44. The van der Waals surface area contributed by atoms with Crippen LogP contribution in [0.15, 0.2) is 29.4 Å². The average Bonchev–Trinajstić information content (AvgIpc) is 2.72. The summed E-state index contributed by atoms with van der Waals surface area (Å²) in [4.78, 5) is 24.7. The molecule has 0 radical (unpaired) electrons. The van der Waals surface area contributed by atoms with E-state index >= 15 is 0 Å². The molecule has 1 rings (SSSR count). The van der Waals surface area contributed by atoms with E-state index in [0.717, 1.165) is 37.7 Å². The summed E-state index contributed by atoms with van der Waals surface area (Å²) in [7, 11) is 1.25. The molecule has 3 N–H and O–H groups in total. The van der Waals surface area contributed by atoms with Crippen LogP contribution in [0.4, 0.5) is 0 Å². The first-order chi connectivity index (χ1) is 15.1. The molecule has 0 saturated carbocycles. The Balaban J connectivity index is 3.24. The molecule has 0 aliphatic rings. The lowest BCUT2D eigenvalue weighted by molar-refractivity contribution is -0.142. The number of phenols is 2. The number of unbranched alkanes of at least 4 members (excludes halogenated alkanes) is 2. The summed E-state index contributed by atoms with van der Waals surface area (Å²) in [5, 5.41) is 24.2. The number of phenolic OH excluding ortho intramolecular Hbond substituents is 2. The molecule has 32 heavy (non-hydrogen) atoms. The third-order valence-corrected chi connectivity index (χ3v) is 5.39. The summed E-state index contributed by atoms with van der Waals surface area (Å²) in [5.41, 5.74) is 3.39. The molecule has 0 aromatic heterocycles. The first kappa shape index (κ1) is 27.3. The van der Waals surface area contributed by atoms with Crippen LogP contribution in [-0.2, 0) is 22.4 Å². The summed E-state index contributed by atoms with van der Waals surface area (Å²) >= 11 is 0. The molecule has 1 atom stereocenters. The summed E-state index contributed by atoms with van der Waals surface area (Å²) in [5.74, 6) is -1.39. The van der Waals surface area contributed by atoms with Gasteiger partial charge in [0.25, 0.3) is 5.91 Å². The largest absolute Gasteiger partial charge is 0.508 e. The van der Waals surface area contributed by atoms with E-state index in [1.807, 2.05) is 13.0 Å². The second-order valence-corrected chi connectivity index (χ2v) is 8.51. The highest BCUT2D eigenvalue weighted by Crippen LogP contribution is 2.35. The number of aromatic hydroxyl groups is 2. The number of hydrogen-bond donors (Lipinski definition) is 3. The van der Waals surface area contributed by atoms with Gasteiger partial charge in [0.2, 0.25) is 0 Å². The molecule has 6 nitrogen and oxygen atoms in total. The van der Waals surface area contributed by atoms with E-state index in [-0.39, 0.29) is 17.1 Å². The lowest BCUT2D eigenvalue weighted by Crippen LogP contribution is -2.39.